The molecule has 63 heavy (non-hydrogen) atoms. The first kappa shape index (κ1) is 36.8. The van der Waals surface area contributed by atoms with E-state index < -0.39 is 0 Å². The normalized spacial score (nSPS) is 11.5. The average Bonchev–Trinajstić information content (AvgIpc) is 3.92. The molecule has 0 aliphatic carbocycles. The third kappa shape index (κ3) is 6.41. The van der Waals surface area contributed by atoms with E-state index in [0.717, 1.165) is 28.3 Å². The molecule has 2 nitrogen and oxygen atoms in total. The summed E-state index contributed by atoms with van der Waals surface area (Å²) < 4.78 is 5.06. The molecule has 0 atom stereocenters. The van der Waals surface area contributed by atoms with Crippen molar-refractivity contribution < 1.29 is 0 Å². The second-order valence-corrected chi connectivity index (χ2v) is 17.1. The summed E-state index contributed by atoms with van der Waals surface area (Å²) >= 11 is 1.90. The Morgan fingerprint density at radius 3 is 1.17 bits per heavy atom. The molecule has 0 saturated carbocycles. The Bertz CT molecular complexity index is 3530. The van der Waals surface area contributed by atoms with Crippen LogP contribution < -0.4 is 4.90 Å². The van der Waals surface area contributed by atoms with E-state index >= 15 is 0 Å². The molecule has 296 valence electrons. The molecule has 0 aliphatic heterocycles. The zero-order chi connectivity index (χ0) is 41.7. The fourth-order valence-corrected chi connectivity index (χ4v) is 10.8. The minimum absolute atomic E-state index is 1.09. The lowest BCUT2D eigenvalue weighted by atomic mass is 9.99. The summed E-state index contributed by atoms with van der Waals surface area (Å²) in [5.41, 5.74) is 16.6. The molecule has 0 saturated heterocycles. The molecule has 2 aromatic heterocycles. The zero-order valence-corrected chi connectivity index (χ0v) is 35.2. The van der Waals surface area contributed by atoms with E-state index in [4.69, 9.17) is 0 Å². The molecule has 0 radical (unpaired) electrons. The van der Waals surface area contributed by atoms with E-state index in [1.807, 2.05) is 11.3 Å². The smallest absolute Gasteiger partial charge is 0.0541 e. The Kier molecular flexibility index (Phi) is 9.06. The number of rotatable bonds is 8. The van der Waals surface area contributed by atoms with Crippen LogP contribution in [0.15, 0.2) is 243 Å². The number of anilines is 3. The van der Waals surface area contributed by atoms with E-state index in [0.29, 0.717) is 0 Å². The number of aromatic nitrogens is 1. The maximum Gasteiger partial charge on any atom is 0.0541 e. The second kappa shape index (κ2) is 15.5. The summed E-state index contributed by atoms with van der Waals surface area (Å²) in [6.45, 7) is 0. The lowest BCUT2D eigenvalue weighted by Crippen LogP contribution is -2.09. The molecule has 2 heterocycles. The van der Waals surface area contributed by atoms with Crippen molar-refractivity contribution in [2.45, 2.75) is 0 Å². The van der Waals surface area contributed by atoms with Crippen LogP contribution in [-0.2, 0) is 0 Å². The van der Waals surface area contributed by atoms with Gasteiger partial charge in [-0.05, 0) is 93.5 Å². The SMILES string of the molecule is c1ccc(-c2ccc(N(c3ccc(-c4ccccc4-n4c5ccccc5c5ccccc54)cc3)c3ccc(-c4cccc5c4sc4c(-c6ccccc6)cccc45)cc3)cc2)cc1. The van der Waals surface area contributed by atoms with Crippen LogP contribution >= 0.6 is 11.3 Å². The molecule has 0 amide bonds. The number of hydrogen-bond donors (Lipinski definition) is 0. The van der Waals surface area contributed by atoms with Gasteiger partial charge in [0.1, 0.15) is 0 Å². The topological polar surface area (TPSA) is 8.17 Å². The van der Waals surface area contributed by atoms with Gasteiger partial charge < -0.3 is 9.47 Å². The van der Waals surface area contributed by atoms with Gasteiger partial charge in [0.25, 0.3) is 0 Å². The fraction of sp³-hybridized carbons (Fsp3) is 0. The van der Waals surface area contributed by atoms with Gasteiger partial charge in [-0.15, -0.1) is 11.3 Å². The first-order valence-corrected chi connectivity index (χ1v) is 22.3. The monoisotopic (exact) mass is 820 g/mol. The molecule has 10 aromatic carbocycles. The van der Waals surface area contributed by atoms with E-state index in [9.17, 15) is 0 Å². The fourth-order valence-electron chi connectivity index (χ4n) is 9.45. The quantitative estimate of drug-likeness (QED) is 0.148. The van der Waals surface area contributed by atoms with Crippen LogP contribution in [0, 0.1) is 0 Å². The minimum Gasteiger partial charge on any atom is -0.311 e. The average molecular weight is 821 g/mol. The van der Waals surface area contributed by atoms with Crippen molar-refractivity contribution in [3.8, 4) is 50.2 Å². The Morgan fingerprint density at radius 1 is 0.270 bits per heavy atom. The number of thiophene rings is 1. The Labute approximate surface area is 370 Å². The molecule has 0 bridgehead atoms. The van der Waals surface area contributed by atoms with Crippen LogP contribution in [0.4, 0.5) is 17.1 Å². The first-order valence-electron chi connectivity index (χ1n) is 21.5. The Hall–Kier alpha value is -7.98. The summed E-state index contributed by atoms with van der Waals surface area (Å²) in [6, 6.07) is 88.1. The Morgan fingerprint density at radius 2 is 0.635 bits per heavy atom. The molecule has 3 heteroatoms. The van der Waals surface area contributed by atoms with E-state index in [1.54, 1.807) is 0 Å². The van der Waals surface area contributed by atoms with Crippen LogP contribution in [0.2, 0.25) is 0 Å². The summed E-state index contributed by atoms with van der Waals surface area (Å²) in [4.78, 5) is 2.37. The lowest BCUT2D eigenvalue weighted by Gasteiger charge is -2.26. The molecule has 0 spiro atoms. The number of para-hydroxylation sites is 3. The molecule has 0 aliphatic rings. The molecule has 0 fully saturated rings. The van der Waals surface area contributed by atoms with Gasteiger partial charge in [0.15, 0.2) is 0 Å². The van der Waals surface area contributed by atoms with Gasteiger partial charge in [-0.2, -0.15) is 0 Å². The molecular weight excluding hydrogens is 781 g/mol. The third-order valence-corrected chi connectivity index (χ3v) is 13.7. The zero-order valence-electron chi connectivity index (χ0n) is 34.4. The predicted molar refractivity (Wildman–Crippen MR) is 270 cm³/mol. The maximum atomic E-state index is 2.41. The van der Waals surface area contributed by atoms with Crippen LogP contribution in [0.1, 0.15) is 0 Å². The standard InChI is InChI=1S/C60H40N2S/c1-3-15-41(16-4-1)42-29-35-46(36-30-42)61(47-37-31-44(32-38-47)49-19-7-10-26-56(49)62-57-27-11-8-20-52(57)53-21-9-12-28-58(53)62)48-39-33-45(34-40-48)51-23-14-25-55-54-24-13-22-50(59(54)63-60(51)55)43-17-5-2-6-18-43/h1-40H. The van der Waals surface area contributed by atoms with Gasteiger partial charge in [-0.1, -0.05) is 188 Å². The minimum atomic E-state index is 1.09. The summed E-state index contributed by atoms with van der Waals surface area (Å²) in [5.74, 6) is 0. The van der Waals surface area contributed by atoms with Gasteiger partial charge in [0.05, 0.1) is 16.7 Å². The number of hydrogen-bond acceptors (Lipinski definition) is 2. The summed E-state index contributed by atoms with van der Waals surface area (Å²) in [5, 5.41) is 5.13. The first-order chi connectivity index (χ1) is 31.3. The van der Waals surface area contributed by atoms with E-state index in [2.05, 4.69) is 252 Å². The number of fused-ring (bicyclic) bond motifs is 6. The molecule has 12 aromatic rings. The van der Waals surface area contributed by atoms with Crippen molar-refractivity contribution in [1.29, 1.82) is 0 Å². The van der Waals surface area contributed by atoms with Crippen molar-refractivity contribution in [3.63, 3.8) is 0 Å². The van der Waals surface area contributed by atoms with E-state index in [1.165, 1.54) is 80.9 Å². The largest absolute Gasteiger partial charge is 0.311 e. The van der Waals surface area contributed by atoms with Crippen molar-refractivity contribution in [2.24, 2.45) is 0 Å². The molecule has 0 unspecified atom stereocenters. The van der Waals surface area contributed by atoms with Crippen molar-refractivity contribution in [1.82, 2.24) is 4.57 Å². The summed E-state index contributed by atoms with van der Waals surface area (Å²) in [6.07, 6.45) is 0. The molecular formula is C60H40N2S. The Balaban J connectivity index is 0.945. The number of benzene rings is 10. The van der Waals surface area contributed by atoms with Crippen LogP contribution in [0.5, 0.6) is 0 Å². The van der Waals surface area contributed by atoms with Gasteiger partial charge in [0.2, 0.25) is 0 Å². The summed E-state index contributed by atoms with van der Waals surface area (Å²) in [7, 11) is 0. The van der Waals surface area contributed by atoms with Crippen LogP contribution in [-0.4, -0.2) is 4.57 Å². The highest BCUT2D eigenvalue weighted by atomic mass is 32.1. The van der Waals surface area contributed by atoms with Gasteiger partial charge in [-0.25, -0.2) is 0 Å². The highest BCUT2D eigenvalue weighted by Gasteiger charge is 2.19. The predicted octanol–water partition coefficient (Wildman–Crippen LogP) is 17.3. The van der Waals surface area contributed by atoms with E-state index in [-0.39, 0.29) is 0 Å². The maximum absolute atomic E-state index is 2.41. The third-order valence-electron chi connectivity index (χ3n) is 12.4. The van der Waals surface area contributed by atoms with Gasteiger partial charge >= 0.3 is 0 Å². The van der Waals surface area contributed by atoms with Gasteiger partial charge in [0, 0.05) is 53.6 Å². The molecule has 12 rings (SSSR count). The highest BCUT2D eigenvalue weighted by Crippen LogP contribution is 2.45. The second-order valence-electron chi connectivity index (χ2n) is 16.1. The number of nitrogens with zero attached hydrogens (tertiary/aromatic N) is 2. The van der Waals surface area contributed by atoms with Crippen molar-refractivity contribution in [3.05, 3.63) is 243 Å². The van der Waals surface area contributed by atoms with Gasteiger partial charge in [-0.3, -0.25) is 0 Å². The van der Waals surface area contributed by atoms with Crippen molar-refractivity contribution in [2.75, 3.05) is 4.90 Å². The molecule has 0 N–H and O–H groups in total. The van der Waals surface area contributed by atoms with Crippen LogP contribution in [0.3, 0.4) is 0 Å². The highest BCUT2D eigenvalue weighted by molar-refractivity contribution is 7.26. The van der Waals surface area contributed by atoms with Crippen LogP contribution in [0.25, 0.3) is 92.2 Å². The van der Waals surface area contributed by atoms with Crippen molar-refractivity contribution >= 4 is 70.4 Å². The lowest BCUT2D eigenvalue weighted by molar-refractivity contribution is 1.18.